The second-order valence-electron chi connectivity index (χ2n) is 6.34. The number of benzene rings is 2. The summed E-state index contributed by atoms with van der Waals surface area (Å²) in [5.74, 6) is 0.197. The van der Waals surface area contributed by atoms with Gasteiger partial charge >= 0.3 is 0 Å². The molecule has 138 valence electrons. The maximum atomic E-state index is 13.1. The first kappa shape index (κ1) is 18.4. The first-order valence-corrected chi connectivity index (χ1v) is 9.19. The fraction of sp³-hybridized carbons (Fsp3) is 0.350. The van der Waals surface area contributed by atoms with Crippen molar-refractivity contribution in [2.75, 3.05) is 11.9 Å². The van der Waals surface area contributed by atoms with E-state index < -0.39 is 6.17 Å². The molecule has 0 fully saturated rings. The van der Waals surface area contributed by atoms with Gasteiger partial charge in [0.25, 0.3) is 5.91 Å². The number of para-hydroxylation sites is 1. The van der Waals surface area contributed by atoms with E-state index in [4.69, 9.17) is 16.3 Å². The lowest BCUT2D eigenvalue weighted by atomic mass is 10.0. The number of hydrogen-bond donors (Lipinski definition) is 2. The molecule has 0 aromatic heterocycles. The zero-order valence-corrected chi connectivity index (χ0v) is 15.9. The van der Waals surface area contributed by atoms with E-state index in [1.807, 2.05) is 49.9 Å². The number of phenols is 1. The summed E-state index contributed by atoms with van der Waals surface area (Å²) in [7, 11) is 0. The number of hydrogen-bond acceptors (Lipinski definition) is 4. The molecule has 26 heavy (non-hydrogen) atoms. The molecular formula is C20H23ClN2O3. The van der Waals surface area contributed by atoms with Crippen molar-refractivity contribution in [1.82, 2.24) is 4.90 Å². The minimum absolute atomic E-state index is 0.0245. The highest BCUT2D eigenvalue weighted by Gasteiger charge is 2.35. The Hall–Kier alpha value is -2.40. The Bertz CT molecular complexity index is 825. The Balaban J connectivity index is 2.11. The molecule has 0 radical (unpaired) electrons. The molecule has 0 unspecified atom stereocenters. The highest BCUT2D eigenvalue weighted by atomic mass is 35.5. The Morgan fingerprint density at radius 3 is 2.73 bits per heavy atom. The summed E-state index contributed by atoms with van der Waals surface area (Å²) in [5, 5.41) is 13.8. The number of phenolic OH excluding ortho intramolecular Hbond substituents is 1. The molecule has 0 saturated heterocycles. The Morgan fingerprint density at radius 1 is 1.31 bits per heavy atom. The molecular weight excluding hydrogens is 352 g/mol. The zero-order chi connectivity index (χ0) is 18.8. The van der Waals surface area contributed by atoms with Crippen LogP contribution < -0.4 is 10.1 Å². The smallest absolute Gasteiger partial charge is 0.258 e. The summed E-state index contributed by atoms with van der Waals surface area (Å²) >= 11 is 6.21. The molecule has 2 aromatic carbocycles. The molecule has 6 heteroatoms. The van der Waals surface area contributed by atoms with Crippen molar-refractivity contribution in [2.45, 2.75) is 39.4 Å². The Labute approximate surface area is 158 Å². The number of amides is 1. The van der Waals surface area contributed by atoms with Crippen molar-refractivity contribution in [3.8, 4) is 11.5 Å². The number of ether oxygens (including phenoxy) is 1. The predicted molar refractivity (Wildman–Crippen MR) is 103 cm³/mol. The van der Waals surface area contributed by atoms with Crippen LogP contribution in [0.2, 0.25) is 5.02 Å². The van der Waals surface area contributed by atoms with Crippen LogP contribution in [-0.4, -0.2) is 28.6 Å². The van der Waals surface area contributed by atoms with Gasteiger partial charge in [-0.05, 0) is 44.5 Å². The van der Waals surface area contributed by atoms with Crippen molar-refractivity contribution in [3.63, 3.8) is 0 Å². The highest BCUT2D eigenvalue weighted by Crippen LogP contribution is 2.41. The fourth-order valence-electron chi connectivity index (χ4n) is 3.18. The maximum absolute atomic E-state index is 13.1. The minimum Gasteiger partial charge on any atom is -0.503 e. The average Bonchev–Trinajstić information content (AvgIpc) is 2.64. The van der Waals surface area contributed by atoms with E-state index in [9.17, 15) is 9.90 Å². The van der Waals surface area contributed by atoms with Crippen molar-refractivity contribution in [3.05, 3.63) is 52.5 Å². The largest absolute Gasteiger partial charge is 0.503 e. The van der Waals surface area contributed by atoms with Crippen LogP contribution in [-0.2, 0) is 0 Å². The first-order valence-electron chi connectivity index (χ1n) is 8.81. The van der Waals surface area contributed by atoms with Crippen LogP contribution in [0, 0.1) is 0 Å². The van der Waals surface area contributed by atoms with Gasteiger partial charge in [-0.2, -0.15) is 0 Å². The number of nitrogens with zero attached hydrogens (tertiary/aromatic N) is 1. The lowest BCUT2D eigenvalue weighted by Gasteiger charge is -2.41. The van der Waals surface area contributed by atoms with E-state index >= 15 is 0 Å². The number of fused-ring (bicyclic) bond motifs is 1. The fourth-order valence-corrected chi connectivity index (χ4v) is 3.40. The molecule has 2 aromatic rings. The van der Waals surface area contributed by atoms with Gasteiger partial charge in [0.05, 0.1) is 17.2 Å². The van der Waals surface area contributed by atoms with E-state index in [0.29, 0.717) is 17.9 Å². The summed E-state index contributed by atoms with van der Waals surface area (Å²) in [6, 6.07) is 10.9. The molecule has 0 saturated carbocycles. The molecule has 0 spiro atoms. The third-order valence-corrected chi connectivity index (χ3v) is 4.98. The molecule has 1 aliphatic rings. The van der Waals surface area contributed by atoms with Crippen LogP contribution in [0.3, 0.4) is 0 Å². The number of anilines is 1. The number of rotatable bonds is 5. The van der Waals surface area contributed by atoms with Gasteiger partial charge in [0, 0.05) is 17.3 Å². The van der Waals surface area contributed by atoms with Crippen LogP contribution in [0.25, 0.3) is 0 Å². The number of carbonyl (C=O) groups excluding carboxylic acids is 1. The van der Waals surface area contributed by atoms with Crippen molar-refractivity contribution < 1.29 is 14.6 Å². The van der Waals surface area contributed by atoms with Crippen LogP contribution in [0.4, 0.5) is 5.69 Å². The summed E-state index contributed by atoms with van der Waals surface area (Å²) in [5.41, 5.74) is 2.20. The zero-order valence-electron chi connectivity index (χ0n) is 15.1. The monoisotopic (exact) mass is 374 g/mol. The van der Waals surface area contributed by atoms with Gasteiger partial charge in [-0.3, -0.25) is 4.79 Å². The lowest BCUT2D eigenvalue weighted by molar-refractivity contribution is 0.0593. The summed E-state index contributed by atoms with van der Waals surface area (Å²) in [4.78, 5) is 15.0. The van der Waals surface area contributed by atoms with Crippen LogP contribution >= 0.6 is 11.6 Å². The molecule has 0 bridgehead atoms. The number of nitrogens with one attached hydrogen (secondary N) is 1. The topological polar surface area (TPSA) is 61.8 Å². The summed E-state index contributed by atoms with van der Waals surface area (Å²) in [6.07, 6.45) is 0.417. The second-order valence-corrected chi connectivity index (χ2v) is 6.75. The number of halogens is 1. The third kappa shape index (κ3) is 3.19. The molecule has 1 aliphatic heterocycles. The van der Waals surface area contributed by atoms with Gasteiger partial charge in [-0.1, -0.05) is 30.7 Å². The molecule has 3 rings (SSSR count). The Kier molecular flexibility index (Phi) is 5.28. The summed E-state index contributed by atoms with van der Waals surface area (Å²) < 4.78 is 5.50. The maximum Gasteiger partial charge on any atom is 0.258 e. The predicted octanol–water partition coefficient (Wildman–Crippen LogP) is 4.81. The van der Waals surface area contributed by atoms with Crippen molar-refractivity contribution in [1.29, 1.82) is 0 Å². The van der Waals surface area contributed by atoms with Gasteiger partial charge in [0.15, 0.2) is 11.5 Å². The SMILES string of the molecule is CCOc1cc([C@H]2Nc3ccccc3C(=O)N2[C@H](C)CC)cc(Cl)c1O. The lowest BCUT2D eigenvalue weighted by Crippen LogP contribution is -2.47. The minimum atomic E-state index is -0.398. The van der Waals surface area contributed by atoms with Crippen LogP contribution in [0.15, 0.2) is 36.4 Å². The number of aromatic hydroxyl groups is 1. The van der Waals surface area contributed by atoms with Crippen LogP contribution in [0.5, 0.6) is 11.5 Å². The molecule has 2 N–H and O–H groups in total. The highest BCUT2D eigenvalue weighted by molar-refractivity contribution is 6.32. The van der Waals surface area contributed by atoms with E-state index in [-0.39, 0.29) is 22.7 Å². The van der Waals surface area contributed by atoms with Gasteiger partial charge in [-0.25, -0.2) is 0 Å². The van der Waals surface area contributed by atoms with E-state index in [1.165, 1.54) is 0 Å². The van der Waals surface area contributed by atoms with Gasteiger partial charge < -0.3 is 20.1 Å². The van der Waals surface area contributed by atoms with Gasteiger partial charge in [0.1, 0.15) is 6.17 Å². The Morgan fingerprint density at radius 2 is 2.04 bits per heavy atom. The van der Waals surface area contributed by atoms with Gasteiger partial charge in [0.2, 0.25) is 0 Å². The quantitative estimate of drug-likeness (QED) is 0.788. The van der Waals surface area contributed by atoms with Crippen molar-refractivity contribution in [2.24, 2.45) is 0 Å². The standard InChI is InChI=1S/C20H23ClN2O3/c1-4-12(3)23-19(22-16-9-7-6-8-14(16)20(23)25)13-10-15(21)18(24)17(11-13)26-5-2/h6-12,19,22,24H,4-5H2,1-3H3/t12-,19+/m1/s1. The van der Waals surface area contributed by atoms with Crippen molar-refractivity contribution >= 4 is 23.2 Å². The van der Waals surface area contributed by atoms with Crippen LogP contribution in [0.1, 0.15) is 49.3 Å². The average molecular weight is 375 g/mol. The summed E-state index contributed by atoms with van der Waals surface area (Å²) in [6.45, 7) is 6.31. The number of carbonyl (C=O) groups is 1. The van der Waals surface area contributed by atoms with E-state index in [0.717, 1.165) is 17.7 Å². The molecule has 1 heterocycles. The van der Waals surface area contributed by atoms with E-state index in [2.05, 4.69) is 5.32 Å². The molecule has 1 amide bonds. The second kappa shape index (κ2) is 7.46. The first-order chi connectivity index (χ1) is 12.5. The molecule has 2 atom stereocenters. The van der Waals surface area contributed by atoms with Gasteiger partial charge in [-0.15, -0.1) is 0 Å². The van der Waals surface area contributed by atoms with E-state index in [1.54, 1.807) is 12.1 Å². The molecule has 0 aliphatic carbocycles. The molecule has 5 nitrogen and oxygen atoms in total. The third-order valence-electron chi connectivity index (χ3n) is 4.69. The normalized spacial score (nSPS) is 17.5.